The average Bonchev–Trinajstić information content (AvgIpc) is 3.20. The van der Waals surface area contributed by atoms with Crippen LogP contribution in [0.2, 0.25) is 0 Å². The minimum atomic E-state index is -0.583. The van der Waals surface area contributed by atoms with E-state index in [9.17, 15) is 9.90 Å². The number of nitrogens with one attached hydrogen (secondary N) is 2. The van der Waals surface area contributed by atoms with Gasteiger partial charge in [0.05, 0.1) is 6.20 Å². The molecule has 1 aromatic heterocycles. The quantitative estimate of drug-likeness (QED) is 0.601. The molecule has 7 heteroatoms. The molecule has 3 N–H and O–H groups in total. The van der Waals surface area contributed by atoms with E-state index in [1.165, 1.54) is 37.0 Å². The van der Waals surface area contributed by atoms with Crippen molar-refractivity contribution in [2.24, 2.45) is 5.92 Å². The summed E-state index contributed by atoms with van der Waals surface area (Å²) in [6, 6.07) is 0.325. The Hall–Kier alpha value is -1.18. The van der Waals surface area contributed by atoms with Gasteiger partial charge in [0.25, 0.3) is 5.19 Å². The van der Waals surface area contributed by atoms with Crippen molar-refractivity contribution in [1.29, 1.82) is 0 Å². The number of rotatable bonds is 10. The van der Waals surface area contributed by atoms with E-state index in [4.69, 9.17) is 4.74 Å². The molecular formula is C17H29N3O3S. The fraction of sp³-hybridized carbons (Fsp3) is 0.765. The molecule has 0 spiro atoms. The molecule has 1 atom stereocenters. The maximum atomic E-state index is 12.0. The number of anilines is 1. The lowest BCUT2D eigenvalue weighted by molar-refractivity contribution is -0.116. The summed E-state index contributed by atoms with van der Waals surface area (Å²) in [5, 5.41) is 17.0. The normalized spacial score (nSPS) is 16.5. The predicted octanol–water partition coefficient (Wildman–Crippen LogP) is 2.79. The zero-order chi connectivity index (χ0) is 17.4. The number of carbonyl (C=O) groups excluding carboxylic acids is 1. The van der Waals surface area contributed by atoms with Crippen molar-refractivity contribution in [3.63, 3.8) is 0 Å². The molecule has 24 heavy (non-hydrogen) atoms. The van der Waals surface area contributed by atoms with Gasteiger partial charge in [-0.25, -0.2) is 4.98 Å². The molecule has 1 fully saturated rings. The van der Waals surface area contributed by atoms with Crippen molar-refractivity contribution in [1.82, 2.24) is 10.3 Å². The molecule has 1 aromatic rings. The van der Waals surface area contributed by atoms with Crippen LogP contribution in [0.15, 0.2) is 6.20 Å². The van der Waals surface area contributed by atoms with E-state index in [1.54, 1.807) is 6.20 Å². The molecule has 1 amide bonds. The lowest BCUT2D eigenvalue weighted by Gasteiger charge is -2.13. The van der Waals surface area contributed by atoms with Crippen LogP contribution in [0.1, 0.15) is 52.4 Å². The van der Waals surface area contributed by atoms with Crippen LogP contribution < -0.4 is 15.4 Å². The minimum absolute atomic E-state index is 0.0401. The van der Waals surface area contributed by atoms with Gasteiger partial charge >= 0.3 is 0 Å². The minimum Gasteiger partial charge on any atom is -0.467 e. The van der Waals surface area contributed by atoms with Crippen LogP contribution in [-0.2, 0) is 4.79 Å². The highest BCUT2D eigenvalue weighted by atomic mass is 32.1. The van der Waals surface area contributed by atoms with Crippen molar-refractivity contribution < 1.29 is 14.6 Å². The molecule has 1 saturated carbocycles. The highest BCUT2D eigenvalue weighted by molar-refractivity contribution is 7.17. The van der Waals surface area contributed by atoms with E-state index in [1.807, 2.05) is 13.8 Å². The molecule has 0 aliphatic heterocycles. The number of amides is 1. The number of hydrogen-bond acceptors (Lipinski definition) is 6. The molecule has 1 aliphatic carbocycles. The number of aliphatic hydroxyl groups excluding tert-OH is 1. The third kappa shape index (κ3) is 7.15. The van der Waals surface area contributed by atoms with E-state index >= 15 is 0 Å². The average molecular weight is 356 g/mol. The summed E-state index contributed by atoms with van der Waals surface area (Å²) in [6.07, 6.45) is 7.70. The lowest BCUT2D eigenvalue weighted by Crippen LogP contribution is -2.35. The van der Waals surface area contributed by atoms with E-state index in [0.717, 1.165) is 12.3 Å². The molecular weight excluding hydrogens is 326 g/mol. The zero-order valence-corrected chi connectivity index (χ0v) is 15.4. The fourth-order valence-corrected chi connectivity index (χ4v) is 3.51. The number of aromatic nitrogens is 1. The zero-order valence-electron chi connectivity index (χ0n) is 14.6. The van der Waals surface area contributed by atoms with Gasteiger partial charge in [-0.15, -0.1) is 0 Å². The smallest absolute Gasteiger partial charge is 0.275 e. The van der Waals surface area contributed by atoms with Crippen molar-refractivity contribution in [2.75, 3.05) is 18.5 Å². The molecule has 2 rings (SSSR count). The maximum Gasteiger partial charge on any atom is 0.275 e. The van der Waals surface area contributed by atoms with E-state index in [2.05, 4.69) is 15.6 Å². The standard InChI is InChI=1S/C17H29N3O3S/c1-12(2)18-9-14(21)11-23-17-19-10-16(24-17)20-15(22)8-7-13-5-3-4-6-13/h10,12-14,18,21H,3-9,11H2,1-2H3,(H,20,22). The summed E-state index contributed by atoms with van der Waals surface area (Å²) in [4.78, 5) is 16.1. The Balaban J connectivity index is 1.65. The summed E-state index contributed by atoms with van der Waals surface area (Å²) in [5.74, 6) is 0.760. The van der Waals surface area contributed by atoms with Gasteiger partial charge in [0.2, 0.25) is 5.91 Å². The van der Waals surface area contributed by atoms with Crippen LogP contribution in [0.25, 0.3) is 0 Å². The number of carbonyl (C=O) groups is 1. The predicted molar refractivity (Wildman–Crippen MR) is 96.6 cm³/mol. The second-order valence-corrected chi connectivity index (χ2v) is 7.75. The molecule has 136 valence electrons. The molecule has 0 bridgehead atoms. The summed E-state index contributed by atoms with van der Waals surface area (Å²) in [6.45, 7) is 4.71. The highest BCUT2D eigenvalue weighted by Gasteiger charge is 2.16. The van der Waals surface area contributed by atoms with Gasteiger partial charge in [-0.3, -0.25) is 4.79 Å². The van der Waals surface area contributed by atoms with E-state index in [-0.39, 0.29) is 12.5 Å². The fourth-order valence-electron chi connectivity index (χ4n) is 2.81. The third-order valence-electron chi connectivity index (χ3n) is 4.16. The number of thiazole rings is 1. The first-order valence-electron chi connectivity index (χ1n) is 8.83. The largest absolute Gasteiger partial charge is 0.467 e. The first kappa shape index (κ1) is 19.1. The van der Waals surface area contributed by atoms with Gasteiger partial charge in [-0.05, 0) is 12.3 Å². The number of hydrogen-bond donors (Lipinski definition) is 3. The summed E-state index contributed by atoms with van der Waals surface area (Å²) in [7, 11) is 0. The molecule has 1 aliphatic rings. The first-order valence-corrected chi connectivity index (χ1v) is 9.64. The molecule has 0 radical (unpaired) electrons. The molecule has 1 unspecified atom stereocenters. The SMILES string of the molecule is CC(C)NCC(O)COc1ncc(NC(=O)CCC2CCCC2)s1. The van der Waals surface area contributed by atoms with Gasteiger partial charge in [0, 0.05) is 19.0 Å². The van der Waals surface area contributed by atoms with Crippen LogP contribution in [0.5, 0.6) is 5.19 Å². The van der Waals surface area contributed by atoms with Crippen LogP contribution >= 0.6 is 11.3 Å². The molecule has 1 heterocycles. The highest BCUT2D eigenvalue weighted by Crippen LogP contribution is 2.29. The Labute approximate surface area is 148 Å². The number of aliphatic hydroxyl groups is 1. The van der Waals surface area contributed by atoms with Crippen molar-refractivity contribution in [3.8, 4) is 5.19 Å². The second kappa shape index (κ2) is 9.96. The van der Waals surface area contributed by atoms with E-state index < -0.39 is 6.10 Å². The summed E-state index contributed by atoms with van der Waals surface area (Å²) in [5.41, 5.74) is 0. The van der Waals surface area contributed by atoms with Gasteiger partial charge in [0.15, 0.2) is 0 Å². The number of ether oxygens (including phenoxy) is 1. The number of nitrogens with zero attached hydrogens (tertiary/aromatic N) is 1. The van der Waals surface area contributed by atoms with Gasteiger partial charge < -0.3 is 20.5 Å². The maximum absolute atomic E-state index is 12.0. The van der Waals surface area contributed by atoms with Crippen molar-refractivity contribution >= 4 is 22.2 Å². The van der Waals surface area contributed by atoms with Crippen LogP contribution in [0.3, 0.4) is 0 Å². The van der Waals surface area contributed by atoms with E-state index in [0.29, 0.717) is 29.2 Å². The molecule has 0 saturated heterocycles. The lowest BCUT2D eigenvalue weighted by atomic mass is 10.0. The van der Waals surface area contributed by atoms with Crippen LogP contribution in [0.4, 0.5) is 5.00 Å². The third-order valence-corrected chi connectivity index (χ3v) is 4.99. The Kier molecular flexibility index (Phi) is 7.94. The second-order valence-electron chi connectivity index (χ2n) is 6.76. The first-order chi connectivity index (χ1) is 11.5. The van der Waals surface area contributed by atoms with Gasteiger partial charge in [-0.1, -0.05) is 50.9 Å². The molecule has 0 aromatic carbocycles. The Morgan fingerprint density at radius 1 is 1.46 bits per heavy atom. The van der Waals surface area contributed by atoms with Crippen molar-refractivity contribution in [2.45, 2.75) is 64.5 Å². The topological polar surface area (TPSA) is 83.5 Å². The molecule has 6 nitrogen and oxygen atoms in total. The van der Waals surface area contributed by atoms with Gasteiger partial charge in [-0.2, -0.15) is 0 Å². The van der Waals surface area contributed by atoms with Crippen LogP contribution in [-0.4, -0.2) is 41.3 Å². The Morgan fingerprint density at radius 2 is 2.21 bits per heavy atom. The van der Waals surface area contributed by atoms with Crippen molar-refractivity contribution in [3.05, 3.63) is 6.20 Å². The van der Waals surface area contributed by atoms with Crippen LogP contribution in [0, 0.1) is 5.92 Å². The summed E-state index contributed by atoms with van der Waals surface area (Å²) < 4.78 is 5.47. The Morgan fingerprint density at radius 3 is 2.92 bits per heavy atom. The summed E-state index contributed by atoms with van der Waals surface area (Å²) >= 11 is 1.29. The Bertz CT molecular complexity index is 501. The monoisotopic (exact) mass is 355 g/mol. The van der Waals surface area contributed by atoms with Gasteiger partial charge in [0.1, 0.15) is 17.7 Å².